The molecule has 4 aliphatic rings. The second kappa shape index (κ2) is 19.5. The van der Waals surface area contributed by atoms with E-state index in [0.29, 0.717) is 44.4 Å². The molecule has 0 radical (unpaired) electrons. The molecule has 14 nitrogen and oxygen atoms in total. The van der Waals surface area contributed by atoms with Crippen molar-refractivity contribution in [3.8, 4) is 5.75 Å². The van der Waals surface area contributed by atoms with Gasteiger partial charge in [0.05, 0.1) is 20.8 Å². The quantitative estimate of drug-likeness (QED) is 0.381. The van der Waals surface area contributed by atoms with Crippen LogP contribution in [0.5, 0.6) is 5.75 Å². The van der Waals surface area contributed by atoms with Gasteiger partial charge in [0.2, 0.25) is 5.91 Å². The summed E-state index contributed by atoms with van der Waals surface area (Å²) in [6, 6.07) is 12.6. The number of rotatable bonds is 8. The molecule has 1 atom stereocenters. The van der Waals surface area contributed by atoms with Gasteiger partial charge in [0.15, 0.2) is 0 Å². The number of hydrogen-bond acceptors (Lipinski definition) is 9. The lowest BCUT2D eigenvalue weighted by Crippen LogP contribution is -2.55. The number of phenolic OH excluding ortho intramolecular Hbond substituents is 1. The topological polar surface area (TPSA) is 138 Å². The second-order valence-corrected chi connectivity index (χ2v) is 15.3. The van der Waals surface area contributed by atoms with Gasteiger partial charge in [-0.2, -0.15) is 0 Å². The molecule has 2 aromatic rings. The number of nitrogens with zero attached hydrogens (tertiary/aromatic N) is 6. The van der Waals surface area contributed by atoms with E-state index in [4.69, 9.17) is 9.57 Å². The highest BCUT2D eigenvalue weighted by atomic mass is 16.7. The van der Waals surface area contributed by atoms with Gasteiger partial charge in [-0.25, -0.2) is 14.7 Å². The second-order valence-electron chi connectivity index (χ2n) is 15.3. The number of piperazine rings is 1. The number of fused-ring (bicyclic) bond motifs is 1. The van der Waals surface area contributed by atoms with Gasteiger partial charge in [0.1, 0.15) is 5.75 Å². The number of aromatic hydroxyl groups is 1. The number of phenols is 1. The summed E-state index contributed by atoms with van der Waals surface area (Å²) in [4.78, 5) is 64.4. The maximum Gasteiger partial charge on any atom is 0.409 e. The Morgan fingerprint density at radius 2 is 1.49 bits per heavy atom. The number of carbonyl (C=O) groups is 4. The molecule has 0 spiro atoms. The minimum Gasteiger partial charge on any atom is -0.507 e. The summed E-state index contributed by atoms with van der Waals surface area (Å²) in [5.41, 5.74) is 4.90. The van der Waals surface area contributed by atoms with Crippen LogP contribution in [0.25, 0.3) is 0 Å². The third-order valence-electron chi connectivity index (χ3n) is 11.7. The number of hydrogen-bond donors (Lipinski definition) is 2. The lowest BCUT2D eigenvalue weighted by molar-refractivity contribution is -0.170. The zero-order chi connectivity index (χ0) is 39.6. The fraction of sp³-hybridized carbons (Fsp3) is 0.610. The van der Waals surface area contributed by atoms with Crippen LogP contribution >= 0.6 is 0 Å². The zero-order valence-electron chi connectivity index (χ0n) is 33.6. The van der Waals surface area contributed by atoms with Crippen LogP contribution in [-0.4, -0.2) is 157 Å². The predicted molar refractivity (Wildman–Crippen MR) is 211 cm³/mol. The number of nitrogens with one attached hydrogen (secondary N) is 1. The van der Waals surface area contributed by atoms with E-state index in [1.165, 1.54) is 24.8 Å². The van der Waals surface area contributed by atoms with Gasteiger partial charge in [-0.15, -0.1) is 0 Å². The van der Waals surface area contributed by atoms with E-state index < -0.39 is 0 Å². The van der Waals surface area contributed by atoms with Crippen molar-refractivity contribution in [2.45, 2.75) is 71.4 Å². The first-order valence-electron chi connectivity index (χ1n) is 19.7. The monoisotopic (exact) mass is 763 g/mol. The lowest BCUT2D eigenvalue weighted by atomic mass is 9.96. The van der Waals surface area contributed by atoms with Gasteiger partial charge in [-0.3, -0.25) is 24.2 Å². The van der Waals surface area contributed by atoms with Gasteiger partial charge < -0.3 is 29.9 Å². The van der Waals surface area contributed by atoms with Crippen LogP contribution < -0.4 is 5.32 Å². The largest absolute Gasteiger partial charge is 0.507 e. The highest BCUT2D eigenvalue weighted by molar-refractivity contribution is 5.91. The van der Waals surface area contributed by atoms with Crippen molar-refractivity contribution < 1.29 is 33.9 Å². The van der Waals surface area contributed by atoms with Crippen LogP contribution in [-0.2, 0) is 32.0 Å². The number of para-hydroxylation sites is 1. The number of anilines is 1. The van der Waals surface area contributed by atoms with Crippen molar-refractivity contribution in [3.63, 3.8) is 0 Å². The average molecular weight is 764 g/mol. The SMILES string of the molecule is COC(=O)N1CCC(N2CCc3ccccc3NC2=O)CC1.CON(C)C(=O)CN1CCC(N2CCN(C(=O)[C@H](C)Cc3cc(C)c(O)c(C)c3)CC2)CC1. The number of urea groups is 1. The normalized spacial score (nSPS) is 19.4. The standard InChI is InChI=1S/C25H40N4O4.C16H21N3O3/c1-18-14-21(15-19(2)24(18)31)16-20(3)25(32)29-12-10-28(11-13-29)22-6-8-27(9-7-22)17-23(30)26(4)33-5;1-22-16(21)18-9-7-13(8-10-18)19-11-6-12-4-2-3-5-14(12)17-15(19)20/h14-15,20,22,31H,6-13,16-17H2,1-5H3;2-5,13H,6-11H2,1H3,(H,17,20)/t20-;/m1./s1. The van der Waals surface area contributed by atoms with E-state index in [-0.39, 0.29) is 35.9 Å². The van der Waals surface area contributed by atoms with Crippen molar-refractivity contribution in [1.82, 2.24) is 29.6 Å². The van der Waals surface area contributed by atoms with E-state index >= 15 is 0 Å². The van der Waals surface area contributed by atoms with Gasteiger partial charge in [0, 0.05) is 89.6 Å². The number of likely N-dealkylation sites (tertiary alicyclic amines) is 2. The Balaban J connectivity index is 0.000000228. The lowest BCUT2D eigenvalue weighted by Gasteiger charge is -2.43. The van der Waals surface area contributed by atoms with E-state index in [9.17, 15) is 24.3 Å². The highest BCUT2D eigenvalue weighted by Gasteiger charge is 2.33. The number of ether oxygens (including phenoxy) is 1. The van der Waals surface area contributed by atoms with E-state index in [1.54, 1.807) is 11.9 Å². The van der Waals surface area contributed by atoms with Gasteiger partial charge in [-0.05, 0) is 80.7 Å². The number of hydroxylamine groups is 2. The summed E-state index contributed by atoms with van der Waals surface area (Å²) in [5, 5.41) is 14.3. The maximum absolute atomic E-state index is 13.1. The van der Waals surface area contributed by atoms with Crippen molar-refractivity contribution in [2.75, 3.05) is 92.0 Å². The molecule has 0 aromatic heterocycles. The number of piperidine rings is 2. The number of amides is 5. The fourth-order valence-corrected chi connectivity index (χ4v) is 8.29. The Morgan fingerprint density at radius 1 is 0.873 bits per heavy atom. The molecule has 0 unspecified atom stereocenters. The Bertz CT molecular complexity index is 1610. The molecule has 4 heterocycles. The van der Waals surface area contributed by atoms with E-state index in [1.807, 2.05) is 60.9 Å². The van der Waals surface area contributed by atoms with Crippen LogP contribution in [0.4, 0.5) is 15.3 Å². The molecule has 2 N–H and O–H groups in total. The third-order valence-corrected chi connectivity index (χ3v) is 11.7. The molecule has 0 bridgehead atoms. The van der Waals surface area contributed by atoms with E-state index in [0.717, 1.165) is 93.8 Å². The molecule has 3 saturated heterocycles. The molecule has 3 fully saturated rings. The molecular weight excluding hydrogens is 702 g/mol. The van der Waals surface area contributed by atoms with Crippen LogP contribution in [0.2, 0.25) is 0 Å². The minimum atomic E-state index is -0.286. The molecule has 4 aliphatic heterocycles. The summed E-state index contributed by atoms with van der Waals surface area (Å²) in [7, 11) is 4.54. The summed E-state index contributed by atoms with van der Waals surface area (Å²) in [6.07, 6.45) is 4.94. The van der Waals surface area contributed by atoms with Crippen molar-refractivity contribution in [3.05, 3.63) is 58.7 Å². The number of aryl methyl sites for hydroxylation is 2. The molecule has 0 saturated carbocycles. The summed E-state index contributed by atoms with van der Waals surface area (Å²) < 4.78 is 4.75. The Kier molecular flexibility index (Phi) is 14.8. The molecule has 6 rings (SSSR count). The molecule has 2 aromatic carbocycles. The van der Waals surface area contributed by atoms with Gasteiger partial charge in [-0.1, -0.05) is 37.3 Å². The van der Waals surface area contributed by atoms with Crippen LogP contribution in [0.1, 0.15) is 54.9 Å². The Labute approximate surface area is 326 Å². The molecular formula is C41H61N7O7. The molecule has 5 amide bonds. The van der Waals surface area contributed by atoms with E-state index in [2.05, 4.69) is 21.2 Å². The zero-order valence-corrected chi connectivity index (χ0v) is 33.6. The molecule has 55 heavy (non-hydrogen) atoms. The van der Waals surface area contributed by atoms with Gasteiger partial charge in [0.25, 0.3) is 5.91 Å². The number of benzene rings is 2. The molecule has 14 heteroatoms. The molecule has 0 aliphatic carbocycles. The summed E-state index contributed by atoms with van der Waals surface area (Å²) >= 11 is 0. The van der Waals surface area contributed by atoms with Crippen LogP contribution in [0.3, 0.4) is 0 Å². The van der Waals surface area contributed by atoms with Crippen molar-refractivity contribution in [2.24, 2.45) is 5.92 Å². The summed E-state index contributed by atoms with van der Waals surface area (Å²) in [6.45, 7) is 13.4. The number of methoxy groups -OCH3 is 1. The maximum atomic E-state index is 13.1. The first-order valence-corrected chi connectivity index (χ1v) is 19.7. The smallest absolute Gasteiger partial charge is 0.409 e. The Morgan fingerprint density at radius 3 is 2.11 bits per heavy atom. The third kappa shape index (κ3) is 10.9. The summed E-state index contributed by atoms with van der Waals surface area (Å²) in [5.74, 6) is 0.461. The first-order chi connectivity index (χ1) is 26.4. The number of likely N-dealkylation sites (N-methyl/N-ethyl adjacent to an activating group) is 1. The highest BCUT2D eigenvalue weighted by Crippen LogP contribution is 2.27. The minimum absolute atomic E-state index is 0.0187. The van der Waals surface area contributed by atoms with Crippen LogP contribution in [0.15, 0.2) is 36.4 Å². The Hall–Kier alpha value is -4.40. The van der Waals surface area contributed by atoms with Crippen molar-refractivity contribution in [1.29, 1.82) is 0 Å². The van der Waals surface area contributed by atoms with Gasteiger partial charge >= 0.3 is 12.1 Å². The molecule has 302 valence electrons. The predicted octanol–water partition coefficient (Wildman–Crippen LogP) is 4.12. The average Bonchev–Trinajstić information content (AvgIpc) is 3.37. The van der Waals surface area contributed by atoms with Crippen molar-refractivity contribution >= 4 is 29.6 Å². The first kappa shape index (κ1) is 41.8. The number of carbonyl (C=O) groups excluding carboxylic acids is 4. The fourth-order valence-electron chi connectivity index (χ4n) is 8.29. The van der Waals surface area contributed by atoms with Crippen LogP contribution in [0, 0.1) is 19.8 Å².